The average Bonchev–Trinajstić information content (AvgIpc) is 2.74. The van der Waals surface area contributed by atoms with E-state index in [0.717, 1.165) is 4.68 Å². The molecule has 3 aromatic rings. The van der Waals surface area contributed by atoms with Gasteiger partial charge in [-0.2, -0.15) is 5.10 Å². The number of carbonyl (C=O) groups is 2. The summed E-state index contributed by atoms with van der Waals surface area (Å²) in [6, 6.07) is 12.6. The summed E-state index contributed by atoms with van der Waals surface area (Å²) in [4.78, 5) is 39.5. The van der Waals surface area contributed by atoms with Crippen LogP contribution in [0.3, 0.4) is 0 Å². The quantitative estimate of drug-likeness (QED) is 0.649. The van der Waals surface area contributed by atoms with Gasteiger partial charge in [-0.1, -0.05) is 30.3 Å². The lowest BCUT2D eigenvalue weighted by Gasteiger charge is -2.19. The first-order chi connectivity index (χ1) is 14.4. The number of rotatable bonds is 7. The van der Waals surface area contributed by atoms with Crippen LogP contribution in [0.4, 0.5) is 10.1 Å². The summed E-state index contributed by atoms with van der Waals surface area (Å²) in [6.45, 7) is 4.52. The van der Waals surface area contributed by atoms with Gasteiger partial charge < -0.3 is 10.2 Å². The van der Waals surface area contributed by atoms with Gasteiger partial charge in [-0.15, -0.1) is 0 Å². The third-order valence-corrected chi connectivity index (χ3v) is 4.82. The third kappa shape index (κ3) is 4.53. The van der Waals surface area contributed by atoms with Gasteiger partial charge in [-0.3, -0.25) is 14.4 Å². The molecule has 30 heavy (non-hydrogen) atoms. The topological polar surface area (TPSA) is 84.3 Å². The smallest absolute Gasteiger partial charge is 0.275 e. The van der Waals surface area contributed by atoms with Crippen molar-refractivity contribution in [2.75, 3.05) is 18.4 Å². The van der Waals surface area contributed by atoms with Gasteiger partial charge in [-0.25, -0.2) is 9.07 Å². The van der Waals surface area contributed by atoms with E-state index in [1.54, 1.807) is 35.2 Å². The predicted molar refractivity (Wildman–Crippen MR) is 113 cm³/mol. The van der Waals surface area contributed by atoms with Gasteiger partial charge >= 0.3 is 0 Å². The van der Waals surface area contributed by atoms with Crippen molar-refractivity contribution < 1.29 is 14.0 Å². The number of nitrogens with zero attached hydrogens (tertiary/aromatic N) is 3. The van der Waals surface area contributed by atoms with Crippen LogP contribution < -0.4 is 10.9 Å². The van der Waals surface area contributed by atoms with E-state index < -0.39 is 23.8 Å². The monoisotopic (exact) mass is 410 g/mol. The summed E-state index contributed by atoms with van der Waals surface area (Å²) in [5, 5.41) is 7.69. The molecule has 0 spiro atoms. The van der Waals surface area contributed by atoms with E-state index in [1.165, 1.54) is 18.2 Å². The number of likely N-dealkylation sites (N-methyl/N-ethyl adjacent to an activating group) is 1. The van der Waals surface area contributed by atoms with E-state index in [0.29, 0.717) is 29.6 Å². The summed E-state index contributed by atoms with van der Waals surface area (Å²) in [5.74, 6) is -1.28. The number of fused-ring (bicyclic) bond motifs is 1. The number of benzene rings is 2. The maximum atomic E-state index is 13.8. The number of anilines is 1. The van der Waals surface area contributed by atoms with Crippen molar-refractivity contribution in [3.05, 3.63) is 70.4 Å². The zero-order valence-corrected chi connectivity index (χ0v) is 16.9. The molecule has 2 aromatic carbocycles. The lowest BCUT2D eigenvalue weighted by Crippen LogP contribution is -2.34. The lowest BCUT2D eigenvalue weighted by molar-refractivity contribution is -0.130. The molecular weight excluding hydrogens is 387 g/mol. The molecule has 0 bridgehead atoms. The highest BCUT2D eigenvalue weighted by molar-refractivity contribution is 5.91. The van der Waals surface area contributed by atoms with Crippen LogP contribution in [-0.4, -0.2) is 39.6 Å². The Morgan fingerprint density at radius 1 is 1.03 bits per heavy atom. The molecule has 0 radical (unpaired) electrons. The molecule has 0 fully saturated rings. The Bertz CT molecular complexity index is 1140. The van der Waals surface area contributed by atoms with Gasteiger partial charge in [0.25, 0.3) is 5.56 Å². The SMILES string of the molecule is CCN(CC)C(=O)Cc1nn(CC(=O)Nc2ccccc2F)c(=O)c2ccccc12. The van der Waals surface area contributed by atoms with Gasteiger partial charge in [0.05, 0.1) is 23.2 Å². The minimum absolute atomic E-state index is 0.0113. The van der Waals surface area contributed by atoms with Crippen molar-refractivity contribution in [3.8, 4) is 0 Å². The van der Waals surface area contributed by atoms with Gasteiger partial charge in [0.1, 0.15) is 12.4 Å². The highest BCUT2D eigenvalue weighted by atomic mass is 19.1. The summed E-state index contributed by atoms with van der Waals surface area (Å²) < 4.78 is 14.8. The zero-order chi connectivity index (χ0) is 21.7. The molecule has 156 valence electrons. The number of aromatic nitrogens is 2. The van der Waals surface area contributed by atoms with Crippen LogP contribution in [0.5, 0.6) is 0 Å². The first-order valence-electron chi connectivity index (χ1n) is 9.75. The molecule has 7 nitrogen and oxygen atoms in total. The van der Waals surface area contributed by atoms with Gasteiger partial charge in [0.2, 0.25) is 11.8 Å². The molecule has 0 aliphatic carbocycles. The molecule has 0 atom stereocenters. The Kier molecular flexibility index (Phi) is 6.56. The number of carbonyl (C=O) groups excluding carboxylic acids is 2. The Labute approximate surface area is 173 Å². The fraction of sp³-hybridized carbons (Fsp3) is 0.273. The van der Waals surface area contributed by atoms with Gasteiger partial charge in [0.15, 0.2) is 0 Å². The number of amides is 2. The number of halogens is 1. The van der Waals surface area contributed by atoms with Crippen molar-refractivity contribution in [2.24, 2.45) is 0 Å². The first kappa shape index (κ1) is 21.2. The molecule has 1 N–H and O–H groups in total. The molecule has 0 aliphatic heterocycles. The second-order valence-electron chi connectivity index (χ2n) is 6.73. The molecule has 8 heteroatoms. The van der Waals surface area contributed by atoms with E-state index in [2.05, 4.69) is 10.4 Å². The second kappa shape index (κ2) is 9.30. The number of para-hydroxylation sites is 1. The standard InChI is InChI=1S/C22H23FN4O3/c1-3-26(4-2)21(29)13-19-15-9-5-6-10-16(15)22(30)27(25-19)14-20(28)24-18-12-8-7-11-17(18)23/h5-12H,3-4,13-14H2,1-2H3,(H,24,28). The highest BCUT2D eigenvalue weighted by Crippen LogP contribution is 2.15. The van der Waals surface area contributed by atoms with Gasteiger partial charge in [-0.05, 0) is 32.0 Å². The summed E-state index contributed by atoms with van der Waals surface area (Å²) in [5.41, 5.74) is -0.0117. The second-order valence-corrected chi connectivity index (χ2v) is 6.73. The van der Waals surface area contributed by atoms with Crippen molar-refractivity contribution in [1.29, 1.82) is 0 Å². The summed E-state index contributed by atoms with van der Waals surface area (Å²) in [6.07, 6.45) is 0.0113. The normalized spacial score (nSPS) is 10.8. The van der Waals surface area contributed by atoms with E-state index >= 15 is 0 Å². The largest absolute Gasteiger partial charge is 0.343 e. The van der Waals surface area contributed by atoms with E-state index in [-0.39, 0.29) is 18.0 Å². The Balaban J connectivity index is 1.94. The fourth-order valence-electron chi connectivity index (χ4n) is 3.26. The van der Waals surface area contributed by atoms with Crippen LogP contribution >= 0.6 is 0 Å². The van der Waals surface area contributed by atoms with Crippen molar-refractivity contribution in [2.45, 2.75) is 26.8 Å². The maximum Gasteiger partial charge on any atom is 0.275 e. The van der Waals surface area contributed by atoms with Crippen LogP contribution in [0.15, 0.2) is 53.3 Å². The Morgan fingerprint density at radius 3 is 2.33 bits per heavy atom. The fourth-order valence-corrected chi connectivity index (χ4v) is 3.26. The molecule has 3 rings (SSSR count). The minimum atomic E-state index is -0.592. The molecule has 1 aromatic heterocycles. The molecule has 0 aliphatic rings. The number of nitrogens with one attached hydrogen (secondary N) is 1. The van der Waals surface area contributed by atoms with Crippen molar-refractivity contribution in [3.63, 3.8) is 0 Å². The molecule has 0 unspecified atom stereocenters. The van der Waals surface area contributed by atoms with Crippen LogP contribution in [0, 0.1) is 5.82 Å². The number of hydrogen-bond donors (Lipinski definition) is 1. The van der Waals surface area contributed by atoms with Crippen LogP contribution in [-0.2, 0) is 22.6 Å². The van der Waals surface area contributed by atoms with E-state index in [1.807, 2.05) is 13.8 Å². The number of hydrogen-bond acceptors (Lipinski definition) is 4. The molecule has 0 saturated carbocycles. The zero-order valence-electron chi connectivity index (χ0n) is 16.9. The highest BCUT2D eigenvalue weighted by Gasteiger charge is 2.18. The molecule has 0 saturated heterocycles. The lowest BCUT2D eigenvalue weighted by atomic mass is 10.1. The first-order valence-corrected chi connectivity index (χ1v) is 9.75. The van der Waals surface area contributed by atoms with Crippen LogP contribution in [0.1, 0.15) is 19.5 Å². The van der Waals surface area contributed by atoms with Crippen molar-refractivity contribution in [1.82, 2.24) is 14.7 Å². The molecule has 2 amide bonds. The van der Waals surface area contributed by atoms with Crippen LogP contribution in [0.25, 0.3) is 10.8 Å². The van der Waals surface area contributed by atoms with E-state index in [9.17, 15) is 18.8 Å². The Morgan fingerprint density at radius 2 is 1.67 bits per heavy atom. The average molecular weight is 410 g/mol. The predicted octanol–water partition coefficient (Wildman–Crippen LogP) is 2.59. The van der Waals surface area contributed by atoms with Crippen molar-refractivity contribution >= 4 is 28.3 Å². The molecular formula is C22H23FN4O3. The van der Waals surface area contributed by atoms with E-state index in [4.69, 9.17) is 0 Å². The summed E-state index contributed by atoms with van der Waals surface area (Å²) in [7, 11) is 0. The molecule has 1 heterocycles. The Hall–Kier alpha value is -3.55. The van der Waals surface area contributed by atoms with Gasteiger partial charge in [0, 0.05) is 18.5 Å². The third-order valence-electron chi connectivity index (χ3n) is 4.82. The summed E-state index contributed by atoms with van der Waals surface area (Å²) >= 11 is 0. The van der Waals surface area contributed by atoms with Crippen LogP contribution in [0.2, 0.25) is 0 Å². The minimum Gasteiger partial charge on any atom is -0.343 e. The maximum absolute atomic E-state index is 13.8.